The van der Waals surface area contributed by atoms with Gasteiger partial charge in [-0.05, 0) is 37.0 Å². The lowest BCUT2D eigenvalue weighted by atomic mass is 10.1. The van der Waals surface area contributed by atoms with Gasteiger partial charge in [-0.1, -0.05) is 57.9 Å². The Bertz CT molecular complexity index is 486. The van der Waals surface area contributed by atoms with E-state index >= 15 is 0 Å². The molecule has 0 aromatic heterocycles. The minimum Gasteiger partial charge on any atom is -0.377 e. The molecule has 0 aliphatic rings. The fourth-order valence-electron chi connectivity index (χ4n) is 1.77. The molecular formula is C22H35NOS. The number of nitrogens with zero attached hydrogens (tertiary/aromatic N) is 1. The molecule has 140 valence electrons. The van der Waals surface area contributed by atoms with Crippen molar-refractivity contribution in [2.45, 2.75) is 53.6 Å². The van der Waals surface area contributed by atoms with Crippen LogP contribution in [0.1, 0.15) is 58.1 Å². The Balaban J connectivity index is 0. The van der Waals surface area contributed by atoms with Crippen LogP contribution in [0.2, 0.25) is 0 Å². The monoisotopic (exact) mass is 361 g/mol. The maximum absolute atomic E-state index is 5.67. The number of thioether (sulfide) groups is 1. The SMILES string of the molecule is C#Cc1ccc(COCCCCC(=C)CSC=NC)cc1.CC.CC. The summed E-state index contributed by atoms with van der Waals surface area (Å²) in [5.74, 6) is 3.57. The molecule has 0 N–H and O–H groups in total. The zero-order valence-electron chi connectivity index (χ0n) is 16.7. The predicted octanol–water partition coefficient (Wildman–Crippen LogP) is 6.35. The molecule has 0 bridgehead atoms. The summed E-state index contributed by atoms with van der Waals surface area (Å²) in [5, 5.41) is 0. The van der Waals surface area contributed by atoms with Gasteiger partial charge in [-0.25, -0.2) is 0 Å². The number of benzene rings is 1. The molecule has 0 aliphatic carbocycles. The third-order valence-corrected chi connectivity index (χ3v) is 3.86. The largest absolute Gasteiger partial charge is 0.377 e. The number of terminal acetylenes is 1. The summed E-state index contributed by atoms with van der Waals surface area (Å²) >= 11 is 1.69. The van der Waals surface area contributed by atoms with Crippen molar-refractivity contribution in [2.24, 2.45) is 4.99 Å². The maximum Gasteiger partial charge on any atom is 0.0716 e. The van der Waals surface area contributed by atoms with Crippen molar-refractivity contribution in [2.75, 3.05) is 19.4 Å². The van der Waals surface area contributed by atoms with E-state index in [1.54, 1.807) is 18.8 Å². The molecule has 0 spiro atoms. The average molecular weight is 362 g/mol. The summed E-state index contributed by atoms with van der Waals surface area (Å²) in [7, 11) is 1.78. The van der Waals surface area contributed by atoms with Crippen molar-refractivity contribution < 1.29 is 4.74 Å². The van der Waals surface area contributed by atoms with Crippen molar-refractivity contribution in [1.82, 2.24) is 0 Å². The molecule has 1 aromatic rings. The van der Waals surface area contributed by atoms with Crippen LogP contribution in [0.3, 0.4) is 0 Å². The van der Waals surface area contributed by atoms with E-state index in [4.69, 9.17) is 11.2 Å². The Kier molecular flexibility index (Phi) is 21.1. The van der Waals surface area contributed by atoms with Crippen LogP contribution < -0.4 is 0 Å². The molecule has 0 heterocycles. The van der Waals surface area contributed by atoms with Gasteiger partial charge in [0.15, 0.2) is 0 Å². The minimum absolute atomic E-state index is 0.647. The van der Waals surface area contributed by atoms with Crippen LogP contribution in [0, 0.1) is 12.3 Å². The second kappa shape index (κ2) is 20.5. The summed E-state index contributed by atoms with van der Waals surface area (Å²) in [6.07, 6.45) is 8.57. The number of rotatable bonds is 10. The number of unbranched alkanes of at least 4 members (excludes halogenated alkanes) is 1. The molecule has 0 amide bonds. The fourth-order valence-corrected chi connectivity index (χ4v) is 2.37. The summed E-state index contributed by atoms with van der Waals surface area (Å²) in [6, 6.07) is 7.92. The Labute approximate surface area is 160 Å². The first kappa shape index (κ1) is 25.7. The van der Waals surface area contributed by atoms with Gasteiger partial charge in [0, 0.05) is 25.0 Å². The normalized spacial score (nSPS) is 9.44. The van der Waals surface area contributed by atoms with Gasteiger partial charge in [0.1, 0.15) is 0 Å². The zero-order valence-corrected chi connectivity index (χ0v) is 17.5. The van der Waals surface area contributed by atoms with Crippen LogP contribution >= 0.6 is 11.8 Å². The summed E-state index contributed by atoms with van der Waals surface area (Å²) in [6.45, 7) is 13.5. The molecule has 1 rings (SSSR count). The molecule has 0 radical (unpaired) electrons. The average Bonchev–Trinajstić information content (AvgIpc) is 2.68. The van der Waals surface area contributed by atoms with Gasteiger partial charge in [0.25, 0.3) is 0 Å². The molecule has 3 heteroatoms. The molecule has 0 unspecified atom stereocenters. The lowest BCUT2D eigenvalue weighted by molar-refractivity contribution is 0.117. The van der Waals surface area contributed by atoms with E-state index in [-0.39, 0.29) is 0 Å². The third-order valence-electron chi connectivity index (χ3n) is 2.93. The van der Waals surface area contributed by atoms with Gasteiger partial charge < -0.3 is 4.74 Å². The van der Waals surface area contributed by atoms with Crippen molar-refractivity contribution in [3.05, 3.63) is 47.5 Å². The first-order chi connectivity index (χ1) is 12.3. The lowest BCUT2D eigenvalue weighted by Gasteiger charge is -2.06. The Morgan fingerprint density at radius 1 is 1.20 bits per heavy atom. The lowest BCUT2D eigenvalue weighted by Crippen LogP contribution is -1.96. The van der Waals surface area contributed by atoms with Gasteiger partial charge in [-0.2, -0.15) is 0 Å². The summed E-state index contributed by atoms with van der Waals surface area (Å²) in [5.41, 5.74) is 5.20. The van der Waals surface area contributed by atoms with Crippen molar-refractivity contribution in [3.63, 3.8) is 0 Å². The van der Waals surface area contributed by atoms with Crippen LogP contribution in [-0.2, 0) is 11.3 Å². The molecule has 0 atom stereocenters. The van der Waals surface area contributed by atoms with Gasteiger partial charge in [-0.15, -0.1) is 18.2 Å². The third kappa shape index (κ3) is 15.8. The molecule has 0 fully saturated rings. The van der Waals surface area contributed by atoms with E-state index in [9.17, 15) is 0 Å². The number of ether oxygens (including phenoxy) is 1. The maximum atomic E-state index is 5.67. The number of hydrogen-bond donors (Lipinski definition) is 0. The highest BCUT2D eigenvalue weighted by Crippen LogP contribution is 2.11. The predicted molar refractivity (Wildman–Crippen MR) is 117 cm³/mol. The van der Waals surface area contributed by atoms with Gasteiger partial charge in [-0.3, -0.25) is 4.99 Å². The van der Waals surface area contributed by atoms with E-state index in [0.29, 0.717) is 6.61 Å². The summed E-state index contributed by atoms with van der Waals surface area (Å²) < 4.78 is 5.67. The van der Waals surface area contributed by atoms with Crippen molar-refractivity contribution >= 4 is 17.3 Å². The van der Waals surface area contributed by atoms with E-state index in [1.165, 1.54) is 5.57 Å². The van der Waals surface area contributed by atoms with Crippen LogP contribution in [0.4, 0.5) is 0 Å². The molecule has 0 saturated heterocycles. The van der Waals surface area contributed by atoms with Gasteiger partial charge in [0.2, 0.25) is 0 Å². The minimum atomic E-state index is 0.647. The second-order valence-electron chi connectivity index (χ2n) is 4.78. The van der Waals surface area contributed by atoms with E-state index in [1.807, 2.05) is 57.5 Å². The standard InChI is InChI=1S/C18H23NOS.2C2H6/c1-4-17-8-10-18(11-9-17)13-20-12-6-5-7-16(2)14-21-15-19-3;2*1-2/h1,8-11,15H,2,5-7,12-14H2,3H3;2*1-2H3. The quantitative estimate of drug-likeness (QED) is 0.159. The smallest absolute Gasteiger partial charge is 0.0716 e. The fraction of sp³-hybridized carbons (Fsp3) is 0.500. The van der Waals surface area contributed by atoms with Crippen LogP contribution in [0.5, 0.6) is 0 Å². The van der Waals surface area contributed by atoms with E-state index < -0.39 is 0 Å². The number of aliphatic imine (C=N–C) groups is 1. The summed E-state index contributed by atoms with van der Waals surface area (Å²) in [4.78, 5) is 3.93. The van der Waals surface area contributed by atoms with Gasteiger partial charge in [0.05, 0.1) is 12.2 Å². The molecule has 25 heavy (non-hydrogen) atoms. The van der Waals surface area contributed by atoms with Crippen LogP contribution in [-0.4, -0.2) is 25.0 Å². The highest BCUT2D eigenvalue weighted by atomic mass is 32.2. The first-order valence-electron chi connectivity index (χ1n) is 9.08. The highest BCUT2D eigenvalue weighted by molar-refractivity contribution is 8.12. The van der Waals surface area contributed by atoms with Crippen molar-refractivity contribution in [3.8, 4) is 12.3 Å². The molecule has 1 aromatic carbocycles. The van der Waals surface area contributed by atoms with E-state index in [0.717, 1.165) is 42.7 Å². The van der Waals surface area contributed by atoms with E-state index in [2.05, 4.69) is 17.5 Å². The zero-order chi connectivity index (χ0) is 19.3. The molecule has 2 nitrogen and oxygen atoms in total. The van der Waals surface area contributed by atoms with Crippen molar-refractivity contribution in [1.29, 1.82) is 0 Å². The Hall–Kier alpha value is -1.50. The Morgan fingerprint density at radius 3 is 2.40 bits per heavy atom. The molecule has 0 saturated carbocycles. The number of hydrogen-bond acceptors (Lipinski definition) is 3. The highest BCUT2D eigenvalue weighted by Gasteiger charge is 1.97. The Morgan fingerprint density at radius 2 is 1.84 bits per heavy atom. The first-order valence-corrected chi connectivity index (χ1v) is 10.1. The van der Waals surface area contributed by atoms with Crippen LogP contribution in [0.25, 0.3) is 0 Å². The second-order valence-corrected chi connectivity index (χ2v) is 5.61. The molecule has 0 aliphatic heterocycles. The van der Waals surface area contributed by atoms with Crippen LogP contribution in [0.15, 0.2) is 41.4 Å². The topological polar surface area (TPSA) is 21.6 Å². The van der Waals surface area contributed by atoms with Gasteiger partial charge >= 0.3 is 0 Å². The molecular weight excluding hydrogens is 326 g/mol.